The molecular weight excluding hydrogens is 923 g/mol. The van der Waals surface area contributed by atoms with Crippen molar-refractivity contribution in [2.24, 2.45) is 5.92 Å². The number of hydrogen-bond donors (Lipinski definition) is 0. The number of aromatic nitrogens is 6. The van der Waals surface area contributed by atoms with Gasteiger partial charge < -0.3 is 23.8 Å². The molecule has 16 nitrogen and oxygen atoms in total. The van der Waals surface area contributed by atoms with Gasteiger partial charge in [0.15, 0.2) is 25.5 Å². The summed E-state index contributed by atoms with van der Waals surface area (Å²) >= 11 is 12.1. The van der Waals surface area contributed by atoms with Gasteiger partial charge in [-0.3, -0.25) is 14.3 Å². The normalized spacial score (nSPS) is 15.1. The molecular formula is C44H47Cl2FN8O8S2. The fourth-order valence-electron chi connectivity index (χ4n) is 7.11. The van der Waals surface area contributed by atoms with Crippen molar-refractivity contribution in [2.45, 2.75) is 61.3 Å². The fraction of sp³-hybridized carbons (Fsp3) is 0.364. The molecule has 4 aromatic heterocycles. The highest BCUT2D eigenvalue weighted by Crippen LogP contribution is 2.29. The number of halogens is 3. The number of nitrogens with zero attached hydrogens (tertiary/aromatic N) is 8. The first-order chi connectivity index (χ1) is 30.9. The molecule has 2 saturated heterocycles. The summed E-state index contributed by atoms with van der Waals surface area (Å²) in [7, 11) is -6.78. The van der Waals surface area contributed by atoms with Gasteiger partial charge in [-0.15, -0.1) is 0 Å². The third kappa shape index (κ3) is 12.2. The van der Waals surface area contributed by atoms with E-state index < -0.39 is 31.1 Å². The zero-order valence-electron chi connectivity index (χ0n) is 36.0. The maximum absolute atomic E-state index is 14.5. The van der Waals surface area contributed by atoms with Gasteiger partial charge in [0.05, 0.1) is 56.4 Å². The number of anilines is 2. The number of ether oxygens (including phenoxy) is 2. The minimum absolute atomic E-state index is 0.114. The van der Waals surface area contributed by atoms with Gasteiger partial charge in [0.1, 0.15) is 23.4 Å². The highest BCUT2D eigenvalue weighted by atomic mass is 35.5. The first kappa shape index (κ1) is 47.3. The zero-order chi connectivity index (χ0) is 46.5. The Morgan fingerprint density at radius 2 is 1.46 bits per heavy atom. The molecule has 65 heavy (non-hydrogen) atoms. The second-order valence-corrected chi connectivity index (χ2v) is 21.0. The summed E-state index contributed by atoms with van der Waals surface area (Å²) in [6.45, 7) is 7.78. The molecule has 0 aliphatic carbocycles. The van der Waals surface area contributed by atoms with E-state index in [1.54, 1.807) is 42.9 Å². The molecule has 8 rings (SSSR count). The summed E-state index contributed by atoms with van der Waals surface area (Å²) in [6.07, 6.45) is 11.4. The molecule has 21 heteroatoms. The van der Waals surface area contributed by atoms with E-state index in [1.807, 2.05) is 30.9 Å². The summed E-state index contributed by atoms with van der Waals surface area (Å²) in [4.78, 5) is 34.3. The van der Waals surface area contributed by atoms with Crippen molar-refractivity contribution in [3.05, 3.63) is 117 Å². The lowest BCUT2D eigenvalue weighted by Crippen LogP contribution is -2.39. The van der Waals surface area contributed by atoms with Crippen LogP contribution in [0.15, 0.2) is 105 Å². The summed E-state index contributed by atoms with van der Waals surface area (Å²) in [6, 6.07) is 15.6. The van der Waals surface area contributed by atoms with E-state index in [1.165, 1.54) is 30.7 Å². The molecule has 0 amide bonds. The van der Waals surface area contributed by atoms with Gasteiger partial charge in [-0.05, 0) is 61.2 Å². The van der Waals surface area contributed by atoms with Gasteiger partial charge >= 0.3 is 6.01 Å². The topological polar surface area (TPSA) is 193 Å². The predicted octanol–water partition coefficient (Wildman–Crippen LogP) is 7.48. The maximum atomic E-state index is 14.5. The van der Waals surface area contributed by atoms with Crippen LogP contribution in [0.1, 0.15) is 51.3 Å². The number of benzene rings is 2. The largest absolute Gasteiger partial charge is 0.492 e. The van der Waals surface area contributed by atoms with Crippen LogP contribution in [-0.4, -0.2) is 97.9 Å². The van der Waals surface area contributed by atoms with Crippen LogP contribution in [0.3, 0.4) is 0 Å². The second kappa shape index (κ2) is 20.3. The molecule has 0 saturated carbocycles. The third-order valence-corrected chi connectivity index (χ3v) is 13.6. The summed E-state index contributed by atoms with van der Waals surface area (Å²) in [5.74, 6) is 2.11. The molecule has 0 radical (unpaired) electrons. The van der Waals surface area contributed by atoms with Gasteiger partial charge in [-0.1, -0.05) is 54.3 Å². The standard InChI is InChI=1S/C23H28N4O4S.C21H19Cl2FN4O4S/c1-16(2)22-25-23(31-26-22)27-12-10-17(11-13-27)15-30-19-6-9-21(24-14-19)18-4-7-20(8-5-18)32(3,28)29;1-33(30,31)15-2-3-18(17(24)8-15)28-12-16(23)19(9-20(28)29)32-14-4-6-27(7-5-14)21-25-10-13(22)11-26-21/h4-9,14,16-17H,10-13,15H2,1-3H3;2-3,8-12,14H,4-7H2,1H3. The van der Waals surface area contributed by atoms with Crippen molar-refractivity contribution in [1.29, 1.82) is 0 Å². The molecule has 344 valence electrons. The molecule has 0 N–H and O–H groups in total. The minimum Gasteiger partial charge on any atom is -0.492 e. The Balaban J connectivity index is 0.000000194. The Hall–Kier alpha value is -5.63. The molecule has 2 aromatic carbocycles. The maximum Gasteiger partial charge on any atom is 0.324 e. The van der Waals surface area contributed by atoms with Crippen molar-refractivity contribution in [3.8, 4) is 28.4 Å². The molecule has 0 atom stereocenters. The lowest BCUT2D eigenvalue weighted by molar-refractivity contribution is 0.170. The lowest BCUT2D eigenvalue weighted by atomic mass is 9.98. The van der Waals surface area contributed by atoms with Crippen LogP contribution in [0, 0.1) is 11.7 Å². The van der Waals surface area contributed by atoms with E-state index in [-0.39, 0.29) is 33.4 Å². The highest BCUT2D eigenvalue weighted by Gasteiger charge is 2.26. The van der Waals surface area contributed by atoms with E-state index in [0.29, 0.717) is 60.3 Å². The van der Waals surface area contributed by atoms with Crippen LogP contribution in [0.5, 0.6) is 11.5 Å². The van der Waals surface area contributed by atoms with E-state index >= 15 is 0 Å². The molecule has 0 spiro atoms. The quantitative estimate of drug-likeness (QED) is 0.117. The van der Waals surface area contributed by atoms with Gasteiger partial charge in [-0.25, -0.2) is 31.2 Å². The average molecular weight is 970 g/mol. The number of piperidine rings is 2. The van der Waals surface area contributed by atoms with Gasteiger partial charge in [-0.2, -0.15) is 4.98 Å². The van der Waals surface area contributed by atoms with Crippen LogP contribution in [0.2, 0.25) is 10.0 Å². The minimum atomic E-state index is -3.58. The van der Waals surface area contributed by atoms with Crippen molar-refractivity contribution in [2.75, 3.05) is 55.1 Å². The number of rotatable bonds is 12. The molecule has 6 heterocycles. The third-order valence-electron chi connectivity index (χ3n) is 10.8. The lowest BCUT2D eigenvalue weighted by Gasteiger charge is -2.32. The first-order valence-corrected chi connectivity index (χ1v) is 25.2. The van der Waals surface area contributed by atoms with E-state index in [2.05, 4.69) is 30.0 Å². The number of sulfone groups is 2. The first-order valence-electron chi connectivity index (χ1n) is 20.7. The number of pyridine rings is 2. The number of hydrogen-bond acceptors (Lipinski definition) is 15. The molecule has 0 unspecified atom stereocenters. The van der Waals surface area contributed by atoms with E-state index in [4.69, 9.17) is 37.2 Å². The molecule has 2 aliphatic rings. The molecule has 2 aliphatic heterocycles. The SMILES string of the molecule is CC(C)c1noc(N2CCC(COc3ccc(-c4ccc(S(C)(=O)=O)cc4)nc3)CC2)n1.CS(=O)(=O)c1ccc(-n2cc(Cl)c(OC3CCN(c4ncc(Cl)cn4)CC3)cc2=O)c(F)c1. The Morgan fingerprint density at radius 1 is 0.815 bits per heavy atom. The van der Waals surface area contributed by atoms with Gasteiger partial charge in [0.2, 0.25) is 5.95 Å². The van der Waals surface area contributed by atoms with Crippen molar-refractivity contribution >= 4 is 54.8 Å². The smallest absolute Gasteiger partial charge is 0.324 e. The van der Waals surface area contributed by atoms with Crippen LogP contribution in [-0.2, 0) is 19.7 Å². The van der Waals surface area contributed by atoms with E-state index in [9.17, 15) is 26.0 Å². The van der Waals surface area contributed by atoms with Gasteiger partial charge in [0.25, 0.3) is 5.56 Å². The average Bonchev–Trinajstić information content (AvgIpc) is 3.79. The highest BCUT2D eigenvalue weighted by molar-refractivity contribution is 7.91. The summed E-state index contributed by atoms with van der Waals surface area (Å²) in [5.41, 5.74) is 0.952. The Labute approximate surface area is 386 Å². The summed E-state index contributed by atoms with van der Waals surface area (Å²) < 4.78 is 79.3. The monoisotopic (exact) mass is 968 g/mol. The van der Waals surface area contributed by atoms with Crippen molar-refractivity contribution in [3.63, 3.8) is 0 Å². The molecule has 0 bridgehead atoms. The van der Waals surface area contributed by atoms with Crippen LogP contribution in [0.25, 0.3) is 16.9 Å². The Bertz CT molecular complexity index is 2870. The van der Waals surface area contributed by atoms with Crippen molar-refractivity contribution < 1.29 is 35.2 Å². The van der Waals surface area contributed by atoms with Gasteiger partial charge in [0, 0.05) is 75.3 Å². The second-order valence-electron chi connectivity index (χ2n) is 16.1. The Morgan fingerprint density at radius 3 is 2.05 bits per heavy atom. The fourth-order valence-corrected chi connectivity index (χ4v) is 8.67. The van der Waals surface area contributed by atoms with Crippen LogP contribution < -0.4 is 24.8 Å². The zero-order valence-corrected chi connectivity index (χ0v) is 39.1. The molecule has 2 fully saturated rings. The molecule has 6 aromatic rings. The van der Waals surface area contributed by atoms with E-state index in [0.717, 1.165) is 65.7 Å². The van der Waals surface area contributed by atoms with Crippen LogP contribution in [0.4, 0.5) is 16.4 Å². The Kier molecular flexibility index (Phi) is 14.8. The summed E-state index contributed by atoms with van der Waals surface area (Å²) in [5, 5.41) is 4.64. The van der Waals surface area contributed by atoms with Crippen molar-refractivity contribution in [1.82, 2.24) is 29.7 Å². The predicted molar refractivity (Wildman–Crippen MR) is 245 cm³/mol. The van der Waals surface area contributed by atoms with Crippen LogP contribution >= 0.6 is 23.2 Å².